The fraction of sp³-hybridized carbons (Fsp3) is 0.571. The van der Waals surface area contributed by atoms with Gasteiger partial charge in [-0.1, -0.05) is 6.92 Å². The van der Waals surface area contributed by atoms with Gasteiger partial charge in [-0.3, -0.25) is 0 Å². The highest BCUT2D eigenvalue weighted by molar-refractivity contribution is 7.89. The summed E-state index contributed by atoms with van der Waals surface area (Å²) in [5, 5.41) is 9.37. The zero-order valence-corrected chi connectivity index (χ0v) is 13.2. The maximum atomic E-state index is 12.3. The van der Waals surface area contributed by atoms with Crippen molar-refractivity contribution >= 4 is 10.0 Å². The molecule has 0 saturated heterocycles. The number of benzene rings is 1. The highest BCUT2D eigenvalue weighted by atomic mass is 32.2. The van der Waals surface area contributed by atoms with E-state index in [4.69, 9.17) is 9.47 Å². The standard InChI is InChI=1S/C14H21NO5S/c1-9-4-10(9)7-15-21(17,18)12-5-11(8-16)14(20-3)13(6-12)19-2/h5-6,9-10,15-16H,4,7-8H2,1-3H3. The maximum absolute atomic E-state index is 12.3. The van der Waals surface area contributed by atoms with E-state index in [1.54, 1.807) is 0 Å². The van der Waals surface area contributed by atoms with E-state index in [0.29, 0.717) is 29.7 Å². The lowest BCUT2D eigenvalue weighted by atomic mass is 10.2. The molecule has 0 aliphatic heterocycles. The molecular formula is C14H21NO5S. The first-order valence-corrected chi connectivity index (χ1v) is 8.26. The predicted molar refractivity (Wildman–Crippen MR) is 77.9 cm³/mol. The van der Waals surface area contributed by atoms with E-state index in [1.807, 2.05) is 0 Å². The zero-order valence-electron chi connectivity index (χ0n) is 12.4. The fourth-order valence-electron chi connectivity index (χ4n) is 2.27. The predicted octanol–water partition coefficient (Wildman–Crippen LogP) is 1.13. The van der Waals surface area contributed by atoms with Crippen molar-refractivity contribution in [3.8, 4) is 11.5 Å². The SMILES string of the molecule is COc1cc(S(=O)(=O)NCC2CC2C)cc(CO)c1OC. The summed E-state index contributed by atoms with van der Waals surface area (Å²) >= 11 is 0. The number of ether oxygens (including phenoxy) is 2. The minimum Gasteiger partial charge on any atom is -0.493 e. The molecule has 1 aliphatic rings. The van der Waals surface area contributed by atoms with Gasteiger partial charge in [0.1, 0.15) is 0 Å². The molecule has 2 N–H and O–H groups in total. The largest absolute Gasteiger partial charge is 0.493 e. The molecular weight excluding hydrogens is 294 g/mol. The van der Waals surface area contributed by atoms with Crippen molar-refractivity contribution in [3.05, 3.63) is 17.7 Å². The van der Waals surface area contributed by atoms with Crippen LogP contribution < -0.4 is 14.2 Å². The number of aliphatic hydroxyl groups excluding tert-OH is 1. The Morgan fingerprint density at radius 2 is 2.00 bits per heavy atom. The average Bonchev–Trinajstić information content (AvgIpc) is 3.19. The van der Waals surface area contributed by atoms with Crippen LogP contribution in [0, 0.1) is 11.8 Å². The van der Waals surface area contributed by atoms with E-state index in [-0.39, 0.29) is 17.3 Å². The monoisotopic (exact) mass is 315 g/mol. The summed E-state index contributed by atoms with van der Waals surface area (Å²) in [7, 11) is -0.758. The van der Waals surface area contributed by atoms with Gasteiger partial charge in [0.05, 0.1) is 25.7 Å². The van der Waals surface area contributed by atoms with E-state index >= 15 is 0 Å². The quantitative estimate of drug-likeness (QED) is 0.788. The molecule has 2 unspecified atom stereocenters. The molecule has 0 heterocycles. The lowest BCUT2D eigenvalue weighted by molar-refractivity contribution is 0.269. The van der Waals surface area contributed by atoms with Crippen LogP contribution in [-0.2, 0) is 16.6 Å². The van der Waals surface area contributed by atoms with Crippen molar-refractivity contribution < 1.29 is 23.0 Å². The van der Waals surface area contributed by atoms with Gasteiger partial charge < -0.3 is 14.6 Å². The van der Waals surface area contributed by atoms with Gasteiger partial charge in [0.25, 0.3) is 0 Å². The molecule has 0 amide bonds. The third-order valence-corrected chi connectivity index (χ3v) is 5.22. The molecule has 1 aliphatic carbocycles. The summed E-state index contributed by atoms with van der Waals surface area (Å²) in [5.41, 5.74) is 0.372. The van der Waals surface area contributed by atoms with E-state index in [1.165, 1.54) is 26.4 Å². The van der Waals surface area contributed by atoms with Gasteiger partial charge in [0.2, 0.25) is 10.0 Å². The third-order valence-electron chi connectivity index (χ3n) is 3.82. The normalized spacial score (nSPS) is 21.1. The first kappa shape index (κ1) is 16.1. The van der Waals surface area contributed by atoms with E-state index < -0.39 is 10.0 Å². The Morgan fingerprint density at radius 1 is 1.33 bits per heavy atom. The number of rotatable bonds is 7. The molecule has 0 aromatic heterocycles. The van der Waals surface area contributed by atoms with Crippen molar-refractivity contribution in [2.75, 3.05) is 20.8 Å². The van der Waals surface area contributed by atoms with Gasteiger partial charge in [-0.2, -0.15) is 0 Å². The molecule has 2 atom stereocenters. The molecule has 6 nitrogen and oxygen atoms in total. The molecule has 1 fully saturated rings. The van der Waals surface area contributed by atoms with Crippen LogP contribution in [0.1, 0.15) is 18.9 Å². The van der Waals surface area contributed by atoms with Gasteiger partial charge in [0.15, 0.2) is 11.5 Å². The average molecular weight is 315 g/mol. The van der Waals surface area contributed by atoms with Gasteiger partial charge in [0, 0.05) is 18.2 Å². The molecule has 1 aromatic rings. The molecule has 0 radical (unpaired) electrons. The molecule has 0 spiro atoms. The van der Waals surface area contributed by atoms with Crippen molar-refractivity contribution in [1.82, 2.24) is 4.72 Å². The first-order chi connectivity index (χ1) is 9.92. The number of aliphatic hydroxyl groups is 1. The maximum Gasteiger partial charge on any atom is 0.240 e. The van der Waals surface area contributed by atoms with E-state index in [9.17, 15) is 13.5 Å². The second kappa shape index (κ2) is 6.21. The van der Waals surface area contributed by atoms with Crippen LogP contribution in [0.4, 0.5) is 0 Å². The van der Waals surface area contributed by atoms with Crippen LogP contribution >= 0.6 is 0 Å². The summed E-state index contributed by atoms with van der Waals surface area (Å²) in [6, 6.07) is 2.80. The molecule has 21 heavy (non-hydrogen) atoms. The summed E-state index contributed by atoms with van der Waals surface area (Å²) in [6.07, 6.45) is 1.05. The summed E-state index contributed by atoms with van der Waals surface area (Å²) in [6.45, 7) is 2.20. The zero-order chi connectivity index (χ0) is 15.6. The van der Waals surface area contributed by atoms with Crippen molar-refractivity contribution in [2.45, 2.75) is 24.8 Å². The second-order valence-electron chi connectivity index (χ2n) is 5.30. The number of hydrogen-bond acceptors (Lipinski definition) is 5. The highest BCUT2D eigenvalue weighted by Crippen LogP contribution is 2.37. The minimum absolute atomic E-state index is 0.0671. The van der Waals surface area contributed by atoms with Gasteiger partial charge in [-0.05, 0) is 24.3 Å². The number of methoxy groups -OCH3 is 2. The van der Waals surface area contributed by atoms with Gasteiger partial charge in [-0.25, -0.2) is 13.1 Å². The van der Waals surface area contributed by atoms with Crippen LogP contribution in [-0.4, -0.2) is 34.3 Å². The van der Waals surface area contributed by atoms with Crippen LogP contribution in [0.3, 0.4) is 0 Å². The Balaban J connectivity index is 2.29. The van der Waals surface area contributed by atoms with Crippen molar-refractivity contribution in [1.29, 1.82) is 0 Å². The van der Waals surface area contributed by atoms with Crippen molar-refractivity contribution in [3.63, 3.8) is 0 Å². The molecule has 1 aromatic carbocycles. The Kier molecular flexibility index (Phi) is 4.75. The summed E-state index contributed by atoms with van der Waals surface area (Å²) < 4.78 is 37.5. The summed E-state index contributed by atoms with van der Waals surface area (Å²) in [5.74, 6) is 1.61. The number of sulfonamides is 1. The molecule has 1 saturated carbocycles. The number of hydrogen-bond donors (Lipinski definition) is 2. The highest BCUT2D eigenvalue weighted by Gasteiger charge is 2.33. The van der Waals surface area contributed by atoms with Crippen LogP contribution in [0.25, 0.3) is 0 Å². The second-order valence-corrected chi connectivity index (χ2v) is 7.07. The van der Waals surface area contributed by atoms with Gasteiger partial charge in [-0.15, -0.1) is 0 Å². The minimum atomic E-state index is -3.63. The molecule has 7 heteroatoms. The van der Waals surface area contributed by atoms with Crippen LogP contribution in [0.15, 0.2) is 17.0 Å². The van der Waals surface area contributed by atoms with Crippen LogP contribution in [0.5, 0.6) is 11.5 Å². The van der Waals surface area contributed by atoms with Crippen molar-refractivity contribution in [2.24, 2.45) is 11.8 Å². The first-order valence-electron chi connectivity index (χ1n) is 6.78. The third kappa shape index (κ3) is 3.48. The van der Waals surface area contributed by atoms with Crippen LogP contribution in [0.2, 0.25) is 0 Å². The lowest BCUT2D eigenvalue weighted by Gasteiger charge is -2.14. The Morgan fingerprint density at radius 3 is 2.48 bits per heavy atom. The Bertz CT molecular complexity index is 589. The Hall–Kier alpha value is -1.31. The lowest BCUT2D eigenvalue weighted by Crippen LogP contribution is -2.26. The molecule has 0 bridgehead atoms. The number of nitrogens with one attached hydrogen (secondary N) is 1. The molecule has 2 rings (SSSR count). The Labute approximate surface area is 125 Å². The van der Waals surface area contributed by atoms with E-state index in [0.717, 1.165) is 6.42 Å². The van der Waals surface area contributed by atoms with E-state index in [2.05, 4.69) is 11.6 Å². The topological polar surface area (TPSA) is 84.9 Å². The van der Waals surface area contributed by atoms with Gasteiger partial charge >= 0.3 is 0 Å². The summed E-state index contributed by atoms with van der Waals surface area (Å²) in [4.78, 5) is 0.0671. The molecule has 118 valence electrons. The fourth-order valence-corrected chi connectivity index (χ4v) is 3.43. The smallest absolute Gasteiger partial charge is 0.240 e.